The summed E-state index contributed by atoms with van der Waals surface area (Å²) >= 11 is 3.16. The number of aromatic nitrogens is 1. The normalized spacial score (nSPS) is 29.6. The van der Waals surface area contributed by atoms with Gasteiger partial charge >= 0.3 is 0 Å². The lowest BCUT2D eigenvalue weighted by atomic mass is 9.84. The summed E-state index contributed by atoms with van der Waals surface area (Å²) in [7, 11) is 0. The summed E-state index contributed by atoms with van der Waals surface area (Å²) in [4.78, 5) is 16.4. The van der Waals surface area contributed by atoms with Gasteiger partial charge in [-0.15, -0.1) is 11.3 Å². The van der Waals surface area contributed by atoms with Gasteiger partial charge in [0.15, 0.2) is 4.34 Å². The molecule has 0 spiro atoms. The monoisotopic (exact) mass is 310 g/mol. The van der Waals surface area contributed by atoms with Gasteiger partial charge < -0.3 is 5.32 Å². The van der Waals surface area contributed by atoms with Crippen molar-refractivity contribution in [3.63, 3.8) is 0 Å². The molecule has 3 nitrogen and oxygen atoms in total. The van der Waals surface area contributed by atoms with E-state index in [1.807, 2.05) is 12.3 Å². The third-order valence-corrected chi connectivity index (χ3v) is 6.89. The van der Waals surface area contributed by atoms with Crippen LogP contribution in [0.3, 0.4) is 0 Å². The zero-order valence-electron chi connectivity index (χ0n) is 12.1. The molecular weight excluding hydrogens is 288 g/mol. The fraction of sp³-hybridized carbons (Fsp3) is 0.733. The lowest BCUT2D eigenvalue weighted by Crippen LogP contribution is -2.40. The summed E-state index contributed by atoms with van der Waals surface area (Å²) in [5.41, 5.74) is 1.04. The fourth-order valence-electron chi connectivity index (χ4n) is 3.83. The molecule has 1 amide bonds. The first kappa shape index (κ1) is 14.4. The van der Waals surface area contributed by atoms with E-state index in [9.17, 15) is 4.79 Å². The standard InChI is InChI=1S/C15H22N2OS2/c1-9-7-19-15(16-9)20-8-14(18)17-10(2)13-6-11-3-4-12(13)5-11/h7,10-13H,3-6,8H2,1-2H3,(H,17,18)/t10-,11-,12-,13-/m1/s1. The molecule has 2 saturated carbocycles. The van der Waals surface area contributed by atoms with E-state index in [0.717, 1.165) is 21.9 Å². The molecule has 0 aliphatic heterocycles. The number of rotatable bonds is 5. The highest BCUT2D eigenvalue weighted by molar-refractivity contribution is 8.01. The van der Waals surface area contributed by atoms with Crippen LogP contribution in [0.2, 0.25) is 0 Å². The molecule has 2 aliphatic rings. The van der Waals surface area contributed by atoms with Gasteiger partial charge in [-0.3, -0.25) is 4.79 Å². The minimum atomic E-state index is 0.151. The van der Waals surface area contributed by atoms with Gasteiger partial charge in [0.2, 0.25) is 5.91 Å². The van der Waals surface area contributed by atoms with Gasteiger partial charge in [0.1, 0.15) is 0 Å². The van der Waals surface area contributed by atoms with Gasteiger partial charge in [-0.1, -0.05) is 18.2 Å². The van der Waals surface area contributed by atoms with Crippen molar-refractivity contribution in [1.29, 1.82) is 0 Å². The second-order valence-electron chi connectivity index (χ2n) is 6.24. The van der Waals surface area contributed by atoms with Crippen LogP contribution in [0, 0.1) is 24.7 Å². The van der Waals surface area contributed by atoms with Crippen molar-refractivity contribution in [2.45, 2.75) is 49.9 Å². The van der Waals surface area contributed by atoms with Crippen LogP contribution in [0.4, 0.5) is 0 Å². The molecule has 1 aromatic rings. The van der Waals surface area contributed by atoms with E-state index in [-0.39, 0.29) is 5.91 Å². The summed E-state index contributed by atoms with van der Waals surface area (Å²) < 4.78 is 0.991. The number of thiazole rings is 1. The average Bonchev–Trinajstić information content (AvgIpc) is 3.12. The minimum absolute atomic E-state index is 0.151. The first-order chi connectivity index (χ1) is 9.61. The van der Waals surface area contributed by atoms with Gasteiger partial charge in [-0.2, -0.15) is 0 Å². The van der Waals surface area contributed by atoms with Crippen LogP contribution < -0.4 is 5.32 Å². The molecule has 1 aromatic heterocycles. The van der Waals surface area contributed by atoms with Crippen LogP contribution in [0.15, 0.2) is 9.72 Å². The molecule has 1 N–H and O–H groups in total. The van der Waals surface area contributed by atoms with Crippen molar-refractivity contribution in [2.75, 3.05) is 5.75 Å². The maximum Gasteiger partial charge on any atom is 0.230 e. The fourth-order valence-corrected chi connectivity index (χ4v) is 5.50. The molecule has 2 aliphatic carbocycles. The number of hydrogen-bond acceptors (Lipinski definition) is 4. The molecule has 3 rings (SSSR count). The number of nitrogens with one attached hydrogen (secondary N) is 1. The molecule has 2 bridgehead atoms. The zero-order chi connectivity index (χ0) is 14.1. The Morgan fingerprint density at radius 3 is 3.00 bits per heavy atom. The molecule has 20 heavy (non-hydrogen) atoms. The van der Waals surface area contributed by atoms with Crippen molar-refractivity contribution >= 4 is 29.0 Å². The summed E-state index contributed by atoms with van der Waals surface area (Å²) in [5, 5.41) is 5.23. The average molecular weight is 310 g/mol. The van der Waals surface area contributed by atoms with Crippen molar-refractivity contribution < 1.29 is 4.79 Å². The number of amides is 1. The molecule has 4 atom stereocenters. The third-order valence-electron chi connectivity index (χ3n) is 4.75. The first-order valence-corrected chi connectivity index (χ1v) is 9.32. The summed E-state index contributed by atoms with van der Waals surface area (Å²) in [5.74, 6) is 3.16. The number of carbonyl (C=O) groups excluding carboxylic acids is 1. The number of thioether (sulfide) groups is 1. The van der Waals surface area contributed by atoms with E-state index in [1.54, 1.807) is 23.1 Å². The van der Waals surface area contributed by atoms with Gasteiger partial charge in [0.25, 0.3) is 0 Å². The largest absolute Gasteiger partial charge is 0.353 e. The number of nitrogens with zero attached hydrogens (tertiary/aromatic N) is 1. The molecule has 0 aromatic carbocycles. The van der Waals surface area contributed by atoms with Crippen LogP contribution in [0.5, 0.6) is 0 Å². The Bertz CT molecular complexity index is 488. The topological polar surface area (TPSA) is 42.0 Å². The number of fused-ring (bicyclic) bond motifs is 2. The Morgan fingerprint density at radius 1 is 1.55 bits per heavy atom. The second kappa shape index (κ2) is 6.06. The Labute approximate surface area is 128 Å². The summed E-state index contributed by atoms with van der Waals surface area (Å²) in [6, 6.07) is 0.330. The lowest BCUT2D eigenvalue weighted by molar-refractivity contribution is -0.119. The van der Waals surface area contributed by atoms with E-state index in [4.69, 9.17) is 0 Å². The Morgan fingerprint density at radius 2 is 2.40 bits per heavy atom. The van der Waals surface area contributed by atoms with E-state index >= 15 is 0 Å². The van der Waals surface area contributed by atoms with Gasteiger partial charge in [0, 0.05) is 17.1 Å². The number of carbonyl (C=O) groups is 1. The maximum atomic E-state index is 12.0. The highest BCUT2D eigenvalue weighted by atomic mass is 32.2. The first-order valence-electron chi connectivity index (χ1n) is 7.46. The summed E-state index contributed by atoms with van der Waals surface area (Å²) in [6.45, 7) is 4.17. The van der Waals surface area contributed by atoms with Crippen LogP contribution in [0.1, 0.15) is 38.3 Å². The van der Waals surface area contributed by atoms with Crippen LogP contribution >= 0.6 is 23.1 Å². The van der Waals surface area contributed by atoms with E-state index in [2.05, 4.69) is 17.2 Å². The Kier molecular flexibility index (Phi) is 4.36. The molecule has 2 fully saturated rings. The molecule has 5 heteroatoms. The number of hydrogen-bond donors (Lipinski definition) is 1. The van der Waals surface area contributed by atoms with Crippen LogP contribution in [-0.4, -0.2) is 22.7 Å². The lowest BCUT2D eigenvalue weighted by Gasteiger charge is -2.28. The van der Waals surface area contributed by atoms with E-state index < -0.39 is 0 Å². The smallest absolute Gasteiger partial charge is 0.230 e. The SMILES string of the molecule is Cc1csc(SCC(=O)N[C@H](C)[C@H]2C[C@@H]3CC[C@@H]2C3)n1. The van der Waals surface area contributed by atoms with E-state index in [1.165, 1.54) is 25.7 Å². The van der Waals surface area contributed by atoms with Crippen LogP contribution in [0.25, 0.3) is 0 Å². The quantitative estimate of drug-likeness (QED) is 0.847. The minimum Gasteiger partial charge on any atom is -0.353 e. The van der Waals surface area contributed by atoms with Gasteiger partial charge in [-0.05, 0) is 50.9 Å². The zero-order valence-corrected chi connectivity index (χ0v) is 13.7. The molecule has 0 radical (unpaired) electrons. The van der Waals surface area contributed by atoms with Crippen molar-refractivity contribution in [3.05, 3.63) is 11.1 Å². The molecule has 0 saturated heterocycles. The highest BCUT2D eigenvalue weighted by Gasteiger charge is 2.42. The van der Waals surface area contributed by atoms with Crippen molar-refractivity contribution in [3.8, 4) is 0 Å². The Balaban J connectivity index is 1.44. The molecular formula is C15H22N2OS2. The second-order valence-corrected chi connectivity index (χ2v) is 8.32. The predicted octanol–water partition coefficient (Wildman–Crippen LogP) is 3.48. The molecule has 0 unspecified atom stereocenters. The van der Waals surface area contributed by atoms with Crippen molar-refractivity contribution in [1.82, 2.24) is 10.3 Å². The predicted molar refractivity (Wildman–Crippen MR) is 84.1 cm³/mol. The molecule has 110 valence electrons. The number of aryl methyl sites for hydroxylation is 1. The molecule has 1 heterocycles. The highest BCUT2D eigenvalue weighted by Crippen LogP contribution is 2.49. The van der Waals surface area contributed by atoms with Crippen LogP contribution in [-0.2, 0) is 4.79 Å². The van der Waals surface area contributed by atoms with Gasteiger partial charge in [0.05, 0.1) is 5.75 Å². The van der Waals surface area contributed by atoms with Crippen molar-refractivity contribution in [2.24, 2.45) is 17.8 Å². The van der Waals surface area contributed by atoms with Gasteiger partial charge in [-0.25, -0.2) is 4.98 Å². The van der Waals surface area contributed by atoms with E-state index in [0.29, 0.717) is 17.7 Å². The third kappa shape index (κ3) is 3.19. The maximum absolute atomic E-state index is 12.0. The Hall–Kier alpha value is -0.550. The summed E-state index contributed by atoms with van der Waals surface area (Å²) in [6.07, 6.45) is 5.52.